The lowest BCUT2D eigenvalue weighted by Gasteiger charge is -2.24. The van der Waals surface area contributed by atoms with E-state index in [0.717, 1.165) is 18.5 Å². The first-order valence-corrected chi connectivity index (χ1v) is 5.99. The van der Waals surface area contributed by atoms with Gasteiger partial charge in [-0.15, -0.1) is 0 Å². The van der Waals surface area contributed by atoms with Crippen LogP contribution in [0.4, 0.5) is 0 Å². The van der Waals surface area contributed by atoms with Gasteiger partial charge in [0.2, 0.25) is 0 Å². The zero-order valence-corrected chi connectivity index (χ0v) is 9.90. The Morgan fingerprint density at radius 1 is 1.00 bits per heavy atom. The maximum absolute atomic E-state index is 3.60. The van der Waals surface area contributed by atoms with Gasteiger partial charge in [-0.1, -0.05) is 47.0 Å². The maximum atomic E-state index is 3.60. The van der Waals surface area contributed by atoms with Crippen LogP contribution >= 0.6 is 0 Å². The fourth-order valence-electron chi connectivity index (χ4n) is 1.93. The molecule has 0 aliphatic rings. The third-order valence-corrected chi connectivity index (χ3v) is 2.77. The molecule has 80 valence electrons. The zero-order chi connectivity index (χ0) is 10.1. The summed E-state index contributed by atoms with van der Waals surface area (Å²) in [6, 6.07) is 0.755. The van der Waals surface area contributed by atoms with Crippen LogP contribution in [-0.4, -0.2) is 12.6 Å². The van der Waals surface area contributed by atoms with E-state index in [1.165, 1.54) is 32.1 Å². The molecule has 0 saturated heterocycles. The summed E-state index contributed by atoms with van der Waals surface area (Å²) < 4.78 is 0. The molecule has 1 unspecified atom stereocenters. The molecular formula is C12H27N. The average Bonchev–Trinajstić information content (AvgIpc) is 2.12. The van der Waals surface area contributed by atoms with Gasteiger partial charge in [-0.2, -0.15) is 0 Å². The van der Waals surface area contributed by atoms with Crippen molar-refractivity contribution in [1.82, 2.24) is 5.32 Å². The Kier molecular flexibility index (Phi) is 8.53. The smallest absolute Gasteiger partial charge is 0.00925 e. The molecule has 0 aromatic carbocycles. The molecule has 0 aliphatic heterocycles. The van der Waals surface area contributed by atoms with Crippen molar-refractivity contribution in [3.8, 4) is 0 Å². The van der Waals surface area contributed by atoms with Crippen molar-refractivity contribution in [2.75, 3.05) is 6.54 Å². The molecule has 0 bridgehead atoms. The van der Waals surface area contributed by atoms with Gasteiger partial charge >= 0.3 is 0 Å². The van der Waals surface area contributed by atoms with Gasteiger partial charge in [0.15, 0.2) is 0 Å². The monoisotopic (exact) mass is 185 g/mol. The molecule has 1 N–H and O–H groups in total. The molecule has 0 saturated carbocycles. The van der Waals surface area contributed by atoms with Crippen LogP contribution in [-0.2, 0) is 0 Å². The Hall–Kier alpha value is -0.0400. The third-order valence-electron chi connectivity index (χ3n) is 2.77. The van der Waals surface area contributed by atoms with Crippen LogP contribution in [0.2, 0.25) is 0 Å². The lowest BCUT2D eigenvalue weighted by Crippen LogP contribution is -2.34. The van der Waals surface area contributed by atoms with Crippen LogP contribution < -0.4 is 5.32 Å². The topological polar surface area (TPSA) is 12.0 Å². The number of unbranched alkanes of at least 4 members (excludes halogenated alkanes) is 1. The van der Waals surface area contributed by atoms with Crippen LogP contribution in [0.15, 0.2) is 0 Å². The van der Waals surface area contributed by atoms with Gasteiger partial charge in [-0.3, -0.25) is 0 Å². The lowest BCUT2D eigenvalue weighted by atomic mass is 9.93. The highest BCUT2D eigenvalue weighted by Gasteiger charge is 2.14. The van der Waals surface area contributed by atoms with E-state index in [2.05, 4.69) is 33.0 Å². The van der Waals surface area contributed by atoms with E-state index < -0.39 is 0 Å². The molecule has 0 amide bonds. The number of rotatable bonds is 8. The highest BCUT2D eigenvalue weighted by atomic mass is 14.9. The van der Waals surface area contributed by atoms with Gasteiger partial charge in [-0.25, -0.2) is 0 Å². The molecule has 0 aliphatic carbocycles. The summed E-state index contributed by atoms with van der Waals surface area (Å²) >= 11 is 0. The Morgan fingerprint density at radius 3 is 2.15 bits per heavy atom. The quantitative estimate of drug-likeness (QED) is 0.609. The van der Waals surface area contributed by atoms with Gasteiger partial charge in [0.1, 0.15) is 0 Å². The standard InChI is InChI=1S/C12H27N/c1-5-8-10-12(13-7-3)11(4)9-6-2/h11-13H,5-10H2,1-4H3/t11?,12-/m1/s1. The van der Waals surface area contributed by atoms with Crippen molar-refractivity contribution in [3.63, 3.8) is 0 Å². The van der Waals surface area contributed by atoms with Crippen LogP contribution in [0.1, 0.15) is 59.8 Å². The van der Waals surface area contributed by atoms with Crippen LogP contribution in [0.3, 0.4) is 0 Å². The van der Waals surface area contributed by atoms with E-state index >= 15 is 0 Å². The molecule has 0 heterocycles. The first-order chi connectivity index (χ1) is 6.26. The molecule has 0 aromatic rings. The predicted octanol–water partition coefficient (Wildman–Crippen LogP) is 3.59. The van der Waals surface area contributed by atoms with Gasteiger partial charge in [0, 0.05) is 6.04 Å². The second-order valence-electron chi connectivity index (χ2n) is 4.07. The van der Waals surface area contributed by atoms with Gasteiger partial charge in [0.05, 0.1) is 0 Å². The largest absolute Gasteiger partial charge is 0.314 e. The van der Waals surface area contributed by atoms with Crippen molar-refractivity contribution in [2.45, 2.75) is 65.8 Å². The first-order valence-electron chi connectivity index (χ1n) is 5.99. The predicted molar refractivity (Wildman–Crippen MR) is 61.1 cm³/mol. The Balaban J connectivity index is 3.75. The molecular weight excluding hydrogens is 158 g/mol. The van der Waals surface area contributed by atoms with Crippen molar-refractivity contribution >= 4 is 0 Å². The van der Waals surface area contributed by atoms with Gasteiger partial charge in [-0.05, 0) is 25.3 Å². The molecule has 1 heteroatoms. The van der Waals surface area contributed by atoms with E-state index in [1.54, 1.807) is 0 Å². The van der Waals surface area contributed by atoms with E-state index in [4.69, 9.17) is 0 Å². The van der Waals surface area contributed by atoms with Crippen LogP contribution in [0.5, 0.6) is 0 Å². The van der Waals surface area contributed by atoms with E-state index in [-0.39, 0.29) is 0 Å². The third kappa shape index (κ3) is 6.09. The van der Waals surface area contributed by atoms with Crippen molar-refractivity contribution in [2.24, 2.45) is 5.92 Å². The van der Waals surface area contributed by atoms with Crippen molar-refractivity contribution < 1.29 is 0 Å². The minimum Gasteiger partial charge on any atom is -0.314 e. The second kappa shape index (κ2) is 8.55. The van der Waals surface area contributed by atoms with E-state index in [0.29, 0.717) is 0 Å². The fourth-order valence-corrected chi connectivity index (χ4v) is 1.93. The Bertz CT molecular complexity index is 101. The molecule has 1 nitrogen and oxygen atoms in total. The molecule has 13 heavy (non-hydrogen) atoms. The zero-order valence-electron chi connectivity index (χ0n) is 9.90. The maximum Gasteiger partial charge on any atom is 0.00925 e. The van der Waals surface area contributed by atoms with E-state index in [9.17, 15) is 0 Å². The lowest BCUT2D eigenvalue weighted by molar-refractivity contribution is 0.335. The second-order valence-corrected chi connectivity index (χ2v) is 4.07. The van der Waals surface area contributed by atoms with Crippen LogP contribution in [0, 0.1) is 5.92 Å². The Morgan fingerprint density at radius 2 is 1.69 bits per heavy atom. The summed E-state index contributed by atoms with van der Waals surface area (Å²) in [5.74, 6) is 0.844. The van der Waals surface area contributed by atoms with Crippen molar-refractivity contribution in [3.05, 3.63) is 0 Å². The molecule has 0 aromatic heterocycles. The average molecular weight is 185 g/mol. The summed E-state index contributed by atoms with van der Waals surface area (Å²) in [4.78, 5) is 0. The molecule has 0 spiro atoms. The summed E-state index contributed by atoms with van der Waals surface area (Å²) in [5, 5.41) is 3.60. The summed E-state index contributed by atoms with van der Waals surface area (Å²) in [6.45, 7) is 10.2. The highest BCUT2D eigenvalue weighted by molar-refractivity contribution is 4.72. The Labute approximate surface area is 84.3 Å². The SMILES string of the molecule is CCCC[C@@H](NCC)C(C)CCC. The number of nitrogens with one attached hydrogen (secondary N) is 1. The van der Waals surface area contributed by atoms with Gasteiger partial charge in [0.25, 0.3) is 0 Å². The summed E-state index contributed by atoms with van der Waals surface area (Å²) in [5.41, 5.74) is 0. The number of hydrogen-bond donors (Lipinski definition) is 1. The fraction of sp³-hybridized carbons (Fsp3) is 1.00. The van der Waals surface area contributed by atoms with Gasteiger partial charge < -0.3 is 5.32 Å². The molecule has 0 rings (SSSR count). The minimum absolute atomic E-state index is 0.755. The molecule has 0 radical (unpaired) electrons. The number of hydrogen-bond acceptors (Lipinski definition) is 1. The van der Waals surface area contributed by atoms with Crippen LogP contribution in [0.25, 0.3) is 0 Å². The minimum atomic E-state index is 0.755. The normalized spacial score (nSPS) is 15.7. The van der Waals surface area contributed by atoms with E-state index in [1.807, 2.05) is 0 Å². The molecule has 2 atom stereocenters. The summed E-state index contributed by atoms with van der Waals surface area (Å²) in [6.07, 6.45) is 6.72. The highest BCUT2D eigenvalue weighted by Crippen LogP contribution is 2.15. The van der Waals surface area contributed by atoms with Crippen molar-refractivity contribution in [1.29, 1.82) is 0 Å². The first kappa shape index (κ1) is 13.0. The summed E-state index contributed by atoms with van der Waals surface area (Å²) in [7, 11) is 0. The molecule has 0 fully saturated rings.